The molecule has 1 heterocycles. The molecule has 0 saturated heterocycles. The minimum Gasteiger partial charge on any atom is -0.351 e. The average Bonchev–Trinajstić information content (AvgIpc) is 2.68. The zero-order valence-electron chi connectivity index (χ0n) is 14.9. The van der Waals surface area contributed by atoms with E-state index < -0.39 is 0 Å². The molecule has 26 heavy (non-hydrogen) atoms. The molecule has 3 rings (SSSR count). The van der Waals surface area contributed by atoms with E-state index in [1.807, 2.05) is 36.4 Å². The number of rotatable bonds is 6. The fraction of sp³-hybridized carbons (Fsp3) is 0.190. The van der Waals surface area contributed by atoms with Crippen molar-refractivity contribution in [1.82, 2.24) is 15.3 Å². The van der Waals surface area contributed by atoms with Crippen LogP contribution in [0.15, 0.2) is 66.0 Å². The highest BCUT2D eigenvalue weighted by Gasteiger charge is 2.07. The van der Waals surface area contributed by atoms with Gasteiger partial charge in [0.05, 0.1) is 11.4 Å². The fourth-order valence-corrected chi connectivity index (χ4v) is 3.11. The lowest BCUT2D eigenvalue weighted by atomic mass is 10.0. The number of thioether (sulfide) groups is 1. The molecular weight excluding hydrogens is 342 g/mol. The van der Waals surface area contributed by atoms with Crippen LogP contribution in [0.1, 0.15) is 16.7 Å². The number of carbonyl (C=O) groups excluding carboxylic acids is 1. The molecule has 0 radical (unpaired) electrons. The predicted molar refractivity (Wildman–Crippen MR) is 106 cm³/mol. The van der Waals surface area contributed by atoms with Gasteiger partial charge >= 0.3 is 0 Å². The van der Waals surface area contributed by atoms with Gasteiger partial charge in [-0.3, -0.25) is 4.79 Å². The van der Waals surface area contributed by atoms with Gasteiger partial charge in [0, 0.05) is 18.3 Å². The molecule has 0 atom stereocenters. The first-order valence-electron chi connectivity index (χ1n) is 8.46. The quantitative estimate of drug-likeness (QED) is 0.527. The number of aromatic nitrogens is 2. The van der Waals surface area contributed by atoms with Crippen molar-refractivity contribution >= 4 is 17.7 Å². The molecule has 0 aliphatic heterocycles. The molecule has 3 aromatic rings. The molecule has 4 nitrogen and oxygen atoms in total. The molecule has 0 aliphatic rings. The second-order valence-electron chi connectivity index (χ2n) is 6.07. The second-order valence-corrected chi connectivity index (χ2v) is 7.02. The van der Waals surface area contributed by atoms with Gasteiger partial charge in [-0.05, 0) is 42.7 Å². The maximum absolute atomic E-state index is 12.0. The highest BCUT2D eigenvalue weighted by atomic mass is 32.2. The van der Waals surface area contributed by atoms with Gasteiger partial charge < -0.3 is 5.32 Å². The number of carbonyl (C=O) groups is 1. The third-order valence-electron chi connectivity index (χ3n) is 4.10. The summed E-state index contributed by atoms with van der Waals surface area (Å²) >= 11 is 1.35. The third-order valence-corrected chi connectivity index (χ3v) is 4.96. The van der Waals surface area contributed by atoms with Crippen LogP contribution in [0.2, 0.25) is 0 Å². The number of benzene rings is 2. The molecule has 2 aromatic carbocycles. The van der Waals surface area contributed by atoms with Crippen LogP contribution in [0.4, 0.5) is 0 Å². The number of nitrogens with one attached hydrogen (secondary N) is 1. The van der Waals surface area contributed by atoms with Gasteiger partial charge in [-0.1, -0.05) is 54.2 Å². The maximum atomic E-state index is 12.0. The summed E-state index contributed by atoms with van der Waals surface area (Å²) in [6.45, 7) is 4.71. The second kappa shape index (κ2) is 8.63. The van der Waals surface area contributed by atoms with Crippen molar-refractivity contribution in [2.24, 2.45) is 0 Å². The van der Waals surface area contributed by atoms with E-state index in [-0.39, 0.29) is 5.91 Å². The van der Waals surface area contributed by atoms with Gasteiger partial charge in [-0.15, -0.1) is 0 Å². The summed E-state index contributed by atoms with van der Waals surface area (Å²) in [5, 5.41) is 3.52. The van der Waals surface area contributed by atoms with Crippen LogP contribution in [0.25, 0.3) is 11.3 Å². The Bertz CT molecular complexity index is 897. The van der Waals surface area contributed by atoms with Crippen LogP contribution in [0, 0.1) is 13.8 Å². The Kier molecular flexibility index (Phi) is 6.02. The Morgan fingerprint density at radius 2 is 1.85 bits per heavy atom. The SMILES string of the molecule is Cc1ccc(-c2ccnc(SCC(=O)NCc3ccccc3)n2)cc1C. The fourth-order valence-electron chi connectivity index (χ4n) is 2.45. The summed E-state index contributed by atoms with van der Waals surface area (Å²) in [6, 6.07) is 18.0. The summed E-state index contributed by atoms with van der Waals surface area (Å²) in [5.74, 6) is 0.266. The van der Waals surface area contributed by atoms with Gasteiger partial charge in [-0.25, -0.2) is 9.97 Å². The Morgan fingerprint density at radius 1 is 1.04 bits per heavy atom. The monoisotopic (exact) mass is 363 g/mol. The Hall–Kier alpha value is -2.66. The lowest BCUT2D eigenvalue weighted by molar-refractivity contribution is -0.118. The van der Waals surface area contributed by atoms with Crippen molar-refractivity contribution in [2.75, 3.05) is 5.75 Å². The molecule has 0 unspecified atom stereocenters. The van der Waals surface area contributed by atoms with E-state index in [0.717, 1.165) is 16.8 Å². The minimum atomic E-state index is -0.0287. The molecule has 0 aliphatic carbocycles. The molecular formula is C21H21N3OS. The molecule has 0 saturated carbocycles. The zero-order valence-corrected chi connectivity index (χ0v) is 15.7. The lowest BCUT2D eigenvalue weighted by Gasteiger charge is -2.07. The zero-order chi connectivity index (χ0) is 18.4. The summed E-state index contributed by atoms with van der Waals surface area (Å²) in [7, 11) is 0. The van der Waals surface area contributed by atoms with Crippen molar-refractivity contribution < 1.29 is 4.79 Å². The highest BCUT2D eigenvalue weighted by Crippen LogP contribution is 2.22. The maximum Gasteiger partial charge on any atom is 0.230 e. The molecule has 0 spiro atoms. The number of hydrogen-bond acceptors (Lipinski definition) is 4. The van der Waals surface area contributed by atoms with Crippen molar-refractivity contribution in [2.45, 2.75) is 25.5 Å². The van der Waals surface area contributed by atoms with Crippen LogP contribution >= 0.6 is 11.8 Å². The topological polar surface area (TPSA) is 54.9 Å². The van der Waals surface area contributed by atoms with E-state index in [1.54, 1.807) is 6.20 Å². The molecule has 0 bridgehead atoms. The molecule has 1 aromatic heterocycles. The van der Waals surface area contributed by atoms with Crippen LogP contribution in [0.3, 0.4) is 0 Å². The molecule has 132 valence electrons. The molecule has 5 heteroatoms. The minimum absolute atomic E-state index is 0.0287. The predicted octanol–water partition coefficient (Wildman–Crippen LogP) is 4.17. The van der Waals surface area contributed by atoms with E-state index in [4.69, 9.17) is 0 Å². The molecule has 1 amide bonds. The Balaban J connectivity index is 1.58. The molecule has 1 N–H and O–H groups in total. The van der Waals surface area contributed by atoms with Gasteiger partial charge in [0.25, 0.3) is 0 Å². The van der Waals surface area contributed by atoms with E-state index >= 15 is 0 Å². The highest BCUT2D eigenvalue weighted by molar-refractivity contribution is 7.99. The first-order chi connectivity index (χ1) is 12.6. The van der Waals surface area contributed by atoms with Crippen LogP contribution in [-0.2, 0) is 11.3 Å². The van der Waals surface area contributed by atoms with Crippen molar-refractivity contribution in [3.63, 3.8) is 0 Å². The van der Waals surface area contributed by atoms with Crippen LogP contribution in [0.5, 0.6) is 0 Å². The van der Waals surface area contributed by atoms with E-state index in [0.29, 0.717) is 17.5 Å². The first kappa shape index (κ1) is 18.1. The van der Waals surface area contributed by atoms with E-state index in [9.17, 15) is 4.79 Å². The Labute approximate surface area is 158 Å². The van der Waals surface area contributed by atoms with Gasteiger partial charge in [0.15, 0.2) is 5.16 Å². The van der Waals surface area contributed by atoms with Crippen molar-refractivity contribution in [3.8, 4) is 11.3 Å². The summed E-state index contributed by atoms with van der Waals surface area (Å²) in [5.41, 5.74) is 5.50. The lowest BCUT2D eigenvalue weighted by Crippen LogP contribution is -2.24. The van der Waals surface area contributed by atoms with Crippen LogP contribution in [-0.4, -0.2) is 21.6 Å². The molecule has 0 fully saturated rings. The van der Waals surface area contributed by atoms with Gasteiger partial charge in [-0.2, -0.15) is 0 Å². The summed E-state index contributed by atoms with van der Waals surface area (Å²) in [6.07, 6.45) is 1.74. The standard InChI is InChI=1S/C21H21N3OS/c1-15-8-9-18(12-16(15)2)19-10-11-22-21(24-19)26-14-20(25)23-13-17-6-4-3-5-7-17/h3-12H,13-14H2,1-2H3,(H,23,25). The average molecular weight is 363 g/mol. The number of hydrogen-bond donors (Lipinski definition) is 1. The smallest absolute Gasteiger partial charge is 0.230 e. The van der Waals surface area contributed by atoms with Gasteiger partial charge in [0.2, 0.25) is 5.91 Å². The van der Waals surface area contributed by atoms with E-state index in [2.05, 4.69) is 47.3 Å². The van der Waals surface area contributed by atoms with Crippen molar-refractivity contribution in [3.05, 3.63) is 77.5 Å². The van der Waals surface area contributed by atoms with Gasteiger partial charge in [0.1, 0.15) is 0 Å². The normalized spacial score (nSPS) is 10.5. The number of aryl methyl sites for hydroxylation is 2. The number of nitrogens with zero attached hydrogens (tertiary/aromatic N) is 2. The Morgan fingerprint density at radius 3 is 2.62 bits per heavy atom. The van der Waals surface area contributed by atoms with E-state index in [1.165, 1.54) is 22.9 Å². The first-order valence-corrected chi connectivity index (χ1v) is 9.44. The summed E-state index contributed by atoms with van der Waals surface area (Å²) in [4.78, 5) is 20.9. The van der Waals surface area contributed by atoms with Crippen LogP contribution < -0.4 is 5.32 Å². The van der Waals surface area contributed by atoms with Crippen molar-refractivity contribution in [1.29, 1.82) is 0 Å². The summed E-state index contributed by atoms with van der Waals surface area (Å²) < 4.78 is 0. The number of amides is 1. The third kappa shape index (κ3) is 4.92. The largest absolute Gasteiger partial charge is 0.351 e.